The number of nitrogens with zero attached hydrogens (tertiary/aromatic N) is 2. The molecule has 38 heavy (non-hydrogen) atoms. The fourth-order valence-electron chi connectivity index (χ4n) is 5.16. The maximum atomic E-state index is 13.8. The predicted octanol–water partition coefficient (Wildman–Crippen LogP) is 6.43. The molecular weight excluding hydrogens is 478 g/mol. The zero-order valence-electron chi connectivity index (χ0n) is 21.7. The van der Waals surface area contributed by atoms with E-state index in [2.05, 4.69) is 60.4 Å². The highest BCUT2D eigenvalue weighted by Crippen LogP contribution is 2.44. The Morgan fingerprint density at radius 1 is 1.00 bits per heavy atom. The van der Waals surface area contributed by atoms with Crippen LogP contribution >= 0.6 is 0 Å². The number of aryl methyl sites for hydroxylation is 1. The minimum absolute atomic E-state index is 0.0755. The molecule has 2 aliphatic rings. The molecule has 0 fully saturated rings. The third kappa shape index (κ3) is 4.49. The van der Waals surface area contributed by atoms with E-state index in [-0.39, 0.29) is 18.7 Å². The number of benzene rings is 3. The van der Waals surface area contributed by atoms with Gasteiger partial charge in [0.15, 0.2) is 11.5 Å². The SMILES string of the molecule is CCCCCOc1ccc(C2c3c(-c4ccc(C)cc4)n[nH]c3C(=O)N2Cc2ccc3c(c2)OCO3)cc1. The molecule has 7 nitrogen and oxygen atoms in total. The van der Waals surface area contributed by atoms with Crippen LogP contribution in [-0.2, 0) is 6.54 Å². The lowest BCUT2D eigenvalue weighted by Gasteiger charge is -2.27. The van der Waals surface area contributed by atoms with Crippen molar-refractivity contribution in [1.29, 1.82) is 0 Å². The Labute approximate surface area is 222 Å². The Morgan fingerprint density at radius 3 is 2.58 bits per heavy atom. The molecule has 4 aromatic rings. The second kappa shape index (κ2) is 10.2. The second-order valence-electron chi connectivity index (χ2n) is 9.87. The maximum Gasteiger partial charge on any atom is 0.273 e. The Balaban J connectivity index is 1.36. The molecule has 1 amide bonds. The monoisotopic (exact) mass is 509 g/mol. The summed E-state index contributed by atoms with van der Waals surface area (Å²) in [4.78, 5) is 15.7. The number of carbonyl (C=O) groups excluding carboxylic acids is 1. The van der Waals surface area contributed by atoms with Crippen molar-refractivity contribution < 1.29 is 19.0 Å². The van der Waals surface area contributed by atoms with Gasteiger partial charge in [-0.05, 0) is 48.7 Å². The molecule has 6 rings (SSSR count). The van der Waals surface area contributed by atoms with Gasteiger partial charge in [-0.3, -0.25) is 9.89 Å². The molecule has 7 heteroatoms. The van der Waals surface area contributed by atoms with E-state index in [0.29, 0.717) is 24.6 Å². The summed E-state index contributed by atoms with van der Waals surface area (Å²) < 4.78 is 17.0. The van der Waals surface area contributed by atoms with Crippen LogP contribution in [0.4, 0.5) is 0 Å². The molecule has 0 saturated carbocycles. The van der Waals surface area contributed by atoms with Crippen molar-refractivity contribution in [3.05, 3.63) is 94.7 Å². The van der Waals surface area contributed by atoms with Gasteiger partial charge >= 0.3 is 0 Å². The lowest BCUT2D eigenvalue weighted by atomic mass is 9.95. The van der Waals surface area contributed by atoms with Crippen LogP contribution in [-0.4, -0.2) is 34.4 Å². The van der Waals surface area contributed by atoms with E-state index in [4.69, 9.17) is 14.2 Å². The quantitative estimate of drug-likeness (QED) is 0.263. The Morgan fingerprint density at radius 2 is 1.79 bits per heavy atom. The van der Waals surface area contributed by atoms with Crippen LogP contribution in [0, 0.1) is 6.92 Å². The Hall–Kier alpha value is -4.26. The largest absolute Gasteiger partial charge is 0.494 e. The van der Waals surface area contributed by atoms with Gasteiger partial charge in [-0.1, -0.05) is 67.8 Å². The van der Waals surface area contributed by atoms with Gasteiger partial charge in [-0.15, -0.1) is 0 Å². The molecule has 0 spiro atoms. The molecule has 3 heterocycles. The van der Waals surface area contributed by atoms with Crippen molar-refractivity contribution in [3.63, 3.8) is 0 Å². The van der Waals surface area contributed by atoms with Crippen molar-refractivity contribution in [2.45, 2.75) is 45.7 Å². The molecule has 1 atom stereocenters. The van der Waals surface area contributed by atoms with E-state index >= 15 is 0 Å². The summed E-state index contributed by atoms with van der Waals surface area (Å²) in [6.45, 7) is 5.58. The first-order valence-corrected chi connectivity index (χ1v) is 13.2. The van der Waals surface area contributed by atoms with E-state index in [1.807, 2.05) is 35.2 Å². The highest BCUT2D eigenvalue weighted by molar-refractivity contribution is 6.00. The standard InChI is InChI=1S/C31H31N3O4/c1-3-4-5-16-36-24-13-11-23(12-14-24)30-27-28(22-9-6-20(2)7-10-22)32-33-29(27)31(35)34(30)18-21-8-15-25-26(17-21)38-19-37-25/h6-15,17,30H,3-5,16,18-19H2,1-2H3,(H,32,33). The average molecular weight is 510 g/mol. The normalized spacial score (nSPS) is 15.7. The number of aromatic nitrogens is 2. The predicted molar refractivity (Wildman–Crippen MR) is 145 cm³/mol. The summed E-state index contributed by atoms with van der Waals surface area (Å²) in [5.41, 5.74) is 6.36. The smallest absolute Gasteiger partial charge is 0.273 e. The van der Waals surface area contributed by atoms with Crippen LogP contribution in [0.2, 0.25) is 0 Å². The van der Waals surface area contributed by atoms with E-state index in [9.17, 15) is 4.79 Å². The highest BCUT2D eigenvalue weighted by atomic mass is 16.7. The Kier molecular flexibility index (Phi) is 6.50. The second-order valence-corrected chi connectivity index (χ2v) is 9.87. The van der Waals surface area contributed by atoms with Gasteiger partial charge in [0.1, 0.15) is 11.4 Å². The van der Waals surface area contributed by atoms with Crippen LogP contribution in [0.15, 0.2) is 66.7 Å². The summed E-state index contributed by atoms with van der Waals surface area (Å²) in [7, 11) is 0. The van der Waals surface area contributed by atoms with Crippen LogP contribution in [0.25, 0.3) is 11.3 Å². The molecule has 2 aliphatic heterocycles. The van der Waals surface area contributed by atoms with E-state index < -0.39 is 0 Å². The number of aromatic amines is 1. The van der Waals surface area contributed by atoms with Crippen molar-refractivity contribution >= 4 is 5.91 Å². The minimum atomic E-state index is -0.299. The third-order valence-corrected chi connectivity index (χ3v) is 7.19. The number of H-pyrrole nitrogens is 1. The first-order valence-electron chi connectivity index (χ1n) is 13.2. The number of hydrogen-bond acceptors (Lipinski definition) is 5. The molecule has 0 bridgehead atoms. The van der Waals surface area contributed by atoms with Crippen molar-refractivity contribution in [3.8, 4) is 28.5 Å². The molecule has 0 aliphatic carbocycles. The average Bonchev–Trinajstić information content (AvgIpc) is 3.64. The minimum Gasteiger partial charge on any atom is -0.494 e. The van der Waals surface area contributed by atoms with Gasteiger partial charge in [-0.2, -0.15) is 5.10 Å². The number of hydrogen-bond donors (Lipinski definition) is 1. The number of nitrogens with one attached hydrogen (secondary N) is 1. The number of ether oxygens (including phenoxy) is 3. The highest BCUT2D eigenvalue weighted by Gasteiger charge is 2.42. The topological polar surface area (TPSA) is 76.7 Å². The lowest BCUT2D eigenvalue weighted by molar-refractivity contribution is 0.0730. The van der Waals surface area contributed by atoms with Crippen LogP contribution in [0.1, 0.15) is 65.0 Å². The van der Waals surface area contributed by atoms with Crippen LogP contribution in [0.5, 0.6) is 17.2 Å². The molecular formula is C31H31N3O4. The van der Waals surface area contributed by atoms with Crippen LogP contribution in [0.3, 0.4) is 0 Å². The zero-order chi connectivity index (χ0) is 26.1. The molecule has 0 saturated heterocycles. The van der Waals surface area contributed by atoms with Gasteiger partial charge in [0.25, 0.3) is 5.91 Å². The van der Waals surface area contributed by atoms with Crippen molar-refractivity contribution in [2.75, 3.05) is 13.4 Å². The van der Waals surface area contributed by atoms with Crippen molar-refractivity contribution in [2.24, 2.45) is 0 Å². The zero-order valence-corrected chi connectivity index (χ0v) is 21.7. The number of amides is 1. The van der Waals surface area contributed by atoms with Gasteiger partial charge < -0.3 is 19.1 Å². The third-order valence-electron chi connectivity index (χ3n) is 7.19. The Bertz CT molecular complexity index is 1440. The number of unbranched alkanes of at least 4 members (excludes halogenated alkanes) is 2. The van der Waals surface area contributed by atoms with Gasteiger partial charge in [0, 0.05) is 17.7 Å². The van der Waals surface area contributed by atoms with E-state index in [0.717, 1.165) is 58.7 Å². The summed E-state index contributed by atoms with van der Waals surface area (Å²) in [6.07, 6.45) is 3.35. The summed E-state index contributed by atoms with van der Waals surface area (Å²) in [5.74, 6) is 2.19. The van der Waals surface area contributed by atoms with Crippen molar-refractivity contribution in [1.82, 2.24) is 15.1 Å². The molecule has 1 aromatic heterocycles. The summed E-state index contributed by atoms with van der Waals surface area (Å²) in [6, 6.07) is 21.9. The molecule has 0 radical (unpaired) electrons. The van der Waals surface area contributed by atoms with Gasteiger partial charge in [-0.25, -0.2) is 0 Å². The molecule has 1 unspecified atom stereocenters. The number of carbonyl (C=O) groups is 1. The van der Waals surface area contributed by atoms with E-state index in [1.165, 1.54) is 5.56 Å². The molecule has 3 aromatic carbocycles. The van der Waals surface area contributed by atoms with E-state index in [1.54, 1.807) is 0 Å². The maximum absolute atomic E-state index is 13.8. The fourth-order valence-corrected chi connectivity index (χ4v) is 5.16. The van der Waals surface area contributed by atoms with Gasteiger partial charge in [0.2, 0.25) is 6.79 Å². The molecule has 194 valence electrons. The molecule has 1 N–H and O–H groups in total. The first-order chi connectivity index (χ1) is 18.6. The summed E-state index contributed by atoms with van der Waals surface area (Å²) >= 11 is 0. The summed E-state index contributed by atoms with van der Waals surface area (Å²) in [5, 5.41) is 7.64. The van der Waals surface area contributed by atoms with Gasteiger partial charge in [0.05, 0.1) is 18.3 Å². The van der Waals surface area contributed by atoms with Crippen LogP contribution < -0.4 is 14.2 Å². The number of fused-ring (bicyclic) bond motifs is 2. The lowest BCUT2D eigenvalue weighted by Crippen LogP contribution is -2.29. The fraction of sp³-hybridized carbons (Fsp3) is 0.290. The first kappa shape index (κ1) is 24.1. The number of rotatable bonds is 9.